The fourth-order valence-corrected chi connectivity index (χ4v) is 3.36. The lowest BCUT2D eigenvalue weighted by atomic mass is 10.2. The third kappa shape index (κ3) is 3.69. The van der Waals surface area contributed by atoms with E-state index in [2.05, 4.69) is 10.3 Å². The van der Waals surface area contributed by atoms with Gasteiger partial charge in [0.1, 0.15) is 0 Å². The van der Waals surface area contributed by atoms with E-state index in [0.29, 0.717) is 37.4 Å². The molecular formula is C21H21N5O3. The average molecular weight is 391 g/mol. The molecular weight excluding hydrogens is 370 g/mol. The van der Waals surface area contributed by atoms with Gasteiger partial charge < -0.3 is 15.1 Å². The molecule has 1 aromatic carbocycles. The molecule has 0 atom stereocenters. The molecule has 1 fully saturated rings. The number of carbonyl (C=O) groups is 3. The van der Waals surface area contributed by atoms with E-state index in [-0.39, 0.29) is 23.3 Å². The number of piperazine rings is 1. The van der Waals surface area contributed by atoms with Gasteiger partial charge in [-0.25, -0.2) is 4.98 Å². The maximum absolute atomic E-state index is 13.1. The van der Waals surface area contributed by atoms with Crippen molar-refractivity contribution < 1.29 is 14.4 Å². The highest BCUT2D eigenvalue weighted by Crippen LogP contribution is 2.18. The van der Waals surface area contributed by atoms with Crippen LogP contribution in [0.15, 0.2) is 48.7 Å². The van der Waals surface area contributed by atoms with Crippen LogP contribution in [0.4, 0.5) is 5.69 Å². The highest BCUT2D eigenvalue weighted by Gasteiger charge is 2.27. The number of carbonyl (C=O) groups excluding carboxylic acids is 3. The first-order chi connectivity index (χ1) is 14.1. The lowest BCUT2D eigenvalue weighted by Crippen LogP contribution is -2.48. The quantitative estimate of drug-likeness (QED) is 0.687. The second kappa shape index (κ2) is 7.75. The van der Waals surface area contributed by atoms with Crippen LogP contribution in [0.5, 0.6) is 0 Å². The lowest BCUT2D eigenvalue weighted by Gasteiger charge is -2.32. The zero-order valence-corrected chi connectivity index (χ0v) is 16.0. The van der Waals surface area contributed by atoms with Gasteiger partial charge in [0.15, 0.2) is 5.69 Å². The number of hydrogen-bond acceptors (Lipinski definition) is 4. The van der Waals surface area contributed by atoms with Crippen molar-refractivity contribution in [2.24, 2.45) is 0 Å². The van der Waals surface area contributed by atoms with E-state index < -0.39 is 0 Å². The number of aryl methyl sites for hydroxylation is 1. The molecule has 8 heteroatoms. The molecule has 0 saturated carbocycles. The largest absolute Gasteiger partial charge is 0.342 e. The summed E-state index contributed by atoms with van der Waals surface area (Å²) in [5, 5.41) is 2.83. The zero-order valence-electron chi connectivity index (χ0n) is 16.0. The molecule has 1 aliphatic rings. The topological polar surface area (TPSA) is 87.0 Å². The number of imidazole rings is 1. The molecule has 1 N–H and O–H groups in total. The SMILES string of the molecule is Cc1ccc(NC(=O)c2nc(C(=O)N3CCN(C=O)CC3)c3ccccn23)cc1. The molecule has 1 saturated heterocycles. The predicted molar refractivity (Wildman–Crippen MR) is 108 cm³/mol. The van der Waals surface area contributed by atoms with E-state index in [1.807, 2.05) is 31.2 Å². The molecule has 0 radical (unpaired) electrons. The second-order valence-electron chi connectivity index (χ2n) is 6.99. The Balaban J connectivity index is 1.63. The number of nitrogens with zero attached hydrogens (tertiary/aromatic N) is 4. The van der Waals surface area contributed by atoms with Gasteiger partial charge in [-0.3, -0.25) is 18.8 Å². The smallest absolute Gasteiger partial charge is 0.292 e. The summed E-state index contributed by atoms with van der Waals surface area (Å²) in [5.74, 6) is -0.482. The van der Waals surface area contributed by atoms with E-state index >= 15 is 0 Å². The van der Waals surface area contributed by atoms with Crippen LogP contribution in [0.3, 0.4) is 0 Å². The standard InChI is InChI=1S/C21H21N5O3/c1-15-5-7-16(8-6-15)22-20(28)19-23-18(17-4-2-3-9-26(17)19)21(29)25-12-10-24(14-27)11-13-25/h2-9,14H,10-13H2,1H3,(H,22,28). The molecule has 148 valence electrons. The third-order valence-electron chi connectivity index (χ3n) is 5.01. The highest BCUT2D eigenvalue weighted by atomic mass is 16.2. The molecule has 0 unspecified atom stereocenters. The monoisotopic (exact) mass is 391 g/mol. The molecule has 4 rings (SSSR count). The maximum atomic E-state index is 13.1. The molecule has 0 spiro atoms. The van der Waals surface area contributed by atoms with Crippen molar-refractivity contribution in [2.75, 3.05) is 31.5 Å². The van der Waals surface area contributed by atoms with Gasteiger partial charge in [0, 0.05) is 38.1 Å². The summed E-state index contributed by atoms with van der Waals surface area (Å²) in [6, 6.07) is 12.8. The van der Waals surface area contributed by atoms with Crippen molar-refractivity contribution in [3.63, 3.8) is 0 Å². The van der Waals surface area contributed by atoms with Gasteiger partial charge in [0.25, 0.3) is 11.8 Å². The van der Waals surface area contributed by atoms with E-state index in [1.165, 1.54) is 0 Å². The molecule has 0 aliphatic carbocycles. The van der Waals surface area contributed by atoms with Crippen molar-refractivity contribution in [1.82, 2.24) is 19.2 Å². The minimum absolute atomic E-state index is 0.149. The van der Waals surface area contributed by atoms with Gasteiger partial charge in [0.05, 0.1) is 5.52 Å². The Morgan fingerprint density at radius 3 is 2.45 bits per heavy atom. The van der Waals surface area contributed by atoms with Gasteiger partial charge in [0.2, 0.25) is 12.2 Å². The number of aromatic nitrogens is 2. The summed E-state index contributed by atoms with van der Waals surface area (Å²) in [6.07, 6.45) is 2.51. The molecule has 29 heavy (non-hydrogen) atoms. The van der Waals surface area contributed by atoms with Crippen LogP contribution in [0, 0.1) is 6.92 Å². The lowest BCUT2D eigenvalue weighted by molar-refractivity contribution is -0.119. The number of rotatable bonds is 4. The first-order valence-corrected chi connectivity index (χ1v) is 9.40. The van der Waals surface area contributed by atoms with Crippen LogP contribution in [-0.2, 0) is 4.79 Å². The number of hydrogen-bond donors (Lipinski definition) is 1. The van der Waals surface area contributed by atoms with Gasteiger partial charge in [-0.05, 0) is 31.2 Å². The average Bonchev–Trinajstić information content (AvgIpc) is 3.15. The Hall–Kier alpha value is -3.68. The number of pyridine rings is 1. The number of amides is 3. The van der Waals surface area contributed by atoms with Crippen molar-refractivity contribution in [1.29, 1.82) is 0 Å². The normalized spacial score (nSPS) is 14.1. The Bertz CT molecular complexity index is 1070. The van der Waals surface area contributed by atoms with E-state index in [9.17, 15) is 14.4 Å². The van der Waals surface area contributed by atoms with Gasteiger partial charge in [-0.2, -0.15) is 0 Å². The number of nitrogens with one attached hydrogen (secondary N) is 1. The molecule has 0 bridgehead atoms. The zero-order chi connectivity index (χ0) is 20.4. The van der Waals surface area contributed by atoms with Crippen LogP contribution >= 0.6 is 0 Å². The summed E-state index contributed by atoms with van der Waals surface area (Å²) in [4.78, 5) is 44.5. The van der Waals surface area contributed by atoms with Crippen LogP contribution < -0.4 is 5.32 Å². The first kappa shape index (κ1) is 18.7. The van der Waals surface area contributed by atoms with Gasteiger partial charge in [-0.1, -0.05) is 23.8 Å². The molecule has 3 amide bonds. The van der Waals surface area contributed by atoms with E-state index in [4.69, 9.17) is 0 Å². The first-order valence-electron chi connectivity index (χ1n) is 9.40. The number of anilines is 1. The highest BCUT2D eigenvalue weighted by molar-refractivity contribution is 6.06. The van der Waals surface area contributed by atoms with E-state index in [0.717, 1.165) is 12.0 Å². The summed E-state index contributed by atoms with van der Waals surface area (Å²) >= 11 is 0. The molecule has 3 aromatic rings. The Morgan fingerprint density at radius 1 is 1.03 bits per heavy atom. The molecule has 1 aliphatic heterocycles. The second-order valence-corrected chi connectivity index (χ2v) is 6.99. The molecule has 8 nitrogen and oxygen atoms in total. The maximum Gasteiger partial charge on any atom is 0.292 e. The number of fused-ring (bicyclic) bond motifs is 1. The summed E-state index contributed by atoms with van der Waals surface area (Å²) < 4.78 is 1.62. The number of benzene rings is 1. The van der Waals surface area contributed by atoms with Crippen molar-refractivity contribution in [2.45, 2.75) is 6.92 Å². The van der Waals surface area contributed by atoms with Gasteiger partial charge >= 0.3 is 0 Å². The van der Waals surface area contributed by atoms with Crippen molar-refractivity contribution in [3.8, 4) is 0 Å². The fourth-order valence-electron chi connectivity index (χ4n) is 3.36. The fraction of sp³-hybridized carbons (Fsp3) is 0.238. The Labute approximate surface area is 167 Å². The Morgan fingerprint density at radius 2 is 1.76 bits per heavy atom. The molecule has 2 aromatic heterocycles. The summed E-state index contributed by atoms with van der Waals surface area (Å²) in [7, 11) is 0. The minimum Gasteiger partial charge on any atom is -0.342 e. The summed E-state index contributed by atoms with van der Waals surface area (Å²) in [6.45, 7) is 3.83. The van der Waals surface area contributed by atoms with E-state index in [1.54, 1.807) is 38.6 Å². The van der Waals surface area contributed by atoms with Gasteiger partial charge in [-0.15, -0.1) is 0 Å². The van der Waals surface area contributed by atoms with Crippen LogP contribution in [0.2, 0.25) is 0 Å². The van der Waals surface area contributed by atoms with Crippen molar-refractivity contribution in [3.05, 3.63) is 65.7 Å². The summed E-state index contributed by atoms with van der Waals surface area (Å²) in [5.41, 5.74) is 2.56. The van der Waals surface area contributed by atoms with Crippen LogP contribution in [-0.4, -0.2) is 63.6 Å². The molecule has 3 heterocycles. The minimum atomic E-state index is -0.389. The predicted octanol–water partition coefficient (Wildman–Crippen LogP) is 1.81. The Kier molecular flexibility index (Phi) is 4.99. The van der Waals surface area contributed by atoms with Crippen molar-refractivity contribution >= 4 is 29.4 Å². The van der Waals surface area contributed by atoms with Crippen LogP contribution in [0.25, 0.3) is 5.52 Å². The van der Waals surface area contributed by atoms with Crippen LogP contribution in [0.1, 0.15) is 26.7 Å². The third-order valence-corrected chi connectivity index (χ3v) is 5.01.